The van der Waals surface area contributed by atoms with Crippen molar-refractivity contribution in [3.63, 3.8) is 0 Å². The van der Waals surface area contributed by atoms with E-state index in [1.807, 2.05) is 60.5 Å². The van der Waals surface area contributed by atoms with Gasteiger partial charge in [0.25, 0.3) is 0 Å². The van der Waals surface area contributed by atoms with Gasteiger partial charge >= 0.3 is 166 Å². The third kappa shape index (κ3) is 3.01. The number of hydrogen-bond donors (Lipinski definition) is 0. The van der Waals surface area contributed by atoms with Crippen LogP contribution < -0.4 is 4.46 Å². The van der Waals surface area contributed by atoms with E-state index in [1.54, 1.807) is 7.11 Å². The van der Waals surface area contributed by atoms with E-state index >= 15 is 0 Å². The molecule has 0 saturated carbocycles. The summed E-state index contributed by atoms with van der Waals surface area (Å²) in [5, 5.41) is 0. The molecule has 1 aliphatic carbocycles. The minimum absolute atomic E-state index is 0.0752. The van der Waals surface area contributed by atoms with Crippen molar-refractivity contribution in [3.8, 4) is 0 Å². The van der Waals surface area contributed by atoms with E-state index in [-0.39, 0.29) is 20.9 Å². The van der Waals surface area contributed by atoms with E-state index in [0.717, 1.165) is 21.4 Å². The van der Waals surface area contributed by atoms with Crippen LogP contribution in [0, 0.1) is 0 Å². The van der Waals surface area contributed by atoms with Crippen LogP contribution in [0.1, 0.15) is 5.56 Å². The van der Waals surface area contributed by atoms with E-state index < -0.39 is 5.54 Å². The topological polar surface area (TPSA) is 31.6 Å². The van der Waals surface area contributed by atoms with Crippen LogP contribution in [0.3, 0.4) is 0 Å². The Morgan fingerprint density at radius 2 is 1.52 bits per heavy atom. The molecule has 0 saturated heterocycles. The molecule has 1 heterocycles. The molecule has 4 rings (SSSR count). The molecule has 3 nitrogen and oxygen atoms in total. The summed E-state index contributed by atoms with van der Waals surface area (Å²) in [6.45, 7) is 0. The number of rotatable bonds is 3. The molecule has 0 radical (unpaired) electrons. The van der Waals surface area contributed by atoms with Crippen LogP contribution in [-0.4, -0.2) is 51.2 Å². The third-order valence-electron chi connectivity index (χ3n) is 4.95. The summed E-state index contributed by atoms with van der Waals surface area (Å²) in [4.78, 5) is 15.1. The number of hydrogen-bond acceptors (Lipinski definition) is 1. The van der Waals surface area contributed by atoms with Crippen LogP contribution in [0.25, 0.3) is 5.57 Å². The molecule has 2 aromatic carbocycles. The number of carbonyl (C=O) groups excluding carboxylic acids is 2. The molecular weight excluding hydrogens is 401 g/mol. The SMILES string of the molecule is C[O+]=C1C=CC2(C=C1)C(c1ccccc1)=C([Se]c1ccccc1)C(=O)N2C. The Labute approximate surface area is 165 Å². The number of benzene rings is 2. The van der Waals surface area contributed by atoms with Crippen LogP contribution in [0.2, 0.25) is 0 Å². The predicted octanol–water partition coefficient (Wildman–Crippen LogP) is 2.50. The fourth-order valence-electron chi connectivity index (χ4n) is 3.50. The van der Waals surface area contributed by atoms with Gasteiger partial charge in [0.2, 0.25) is 0 Å². The second-order valence-corrected chi connectivity index (χ2v) is 8.72. The number of likely N-dealkylation sites (N-methyl/N-ethyl adjacent to an activating group) is 1. The second-order valence-electron chi connectivity index (χ2n) is 6.45. The molecule has 2 aliphatic rings. The summed E-state index contributed by atoms with van der Waals surface area (Å²) in [5.41, 5.74) is 1.58. The van der Waals surface area contributed by atoms with Crippen LogP contribution in [0.5, 0.6) is 0 Å². The van der Waals surface area contributed by atoms with Gasteiger partial charge in [-0.15, -0.1) is 0 Å². The molecule has 4 heteroatoms. The summed E-state index contributed by atoms with van der Waals surface area (Å²) in [6, 6.07) is 20.5. The molecule has 0 fully saturated rings. The minimum atomic E-state index is -0.577. The van der Waals surface area contributed by atoms with Gasteiger partial charge in [-0.25, -0.2) is 0 Å². The Morgan fingerprint density at radius 1 is 0.926 bits per heavy atom. The maximum atomic E-state index is 13.3. The summed E-state index contributed by atoms with van der Waals surface area (Å²) in [7, 11) is 3.54. The predicted molar refractivity (Wildman–Crippen MR) is 110 cm³/mol. The molecule has 0 unspecified atom stereocenters. The van der Waals surface area contributed by atoms with Gasteiger partial charge in [-0.3, -0.25) is 0 Å². The molecular formula is C23H20NO2Se+. The first-order chi connectivity index (χ1) is 13.2. The third-order valence-corrected chi connectivity index (χ3v) is 7.23. The molecule has 1 aliphatic heterocycles. The van der Waals surface area contributed by atoms with Crippen molar-refractivity contribution in [2.75, 3.05) is 14.2 Å². The monoisotopic (exact) mass is 422 g/mol. The molecule has 27 heavy (non-hydrogen) atoms. The Kier molecular flexibility index (Phi) is 4.69. The molecule has 0 aromatic heterocycles. The molecule has 134 valence electrons. The summed E-state index contributed by atoms with van der Waals surface area (Å²) in [5.74, 6) is 0.878. The zero-order valence-electron chi connectivity index (χ0n) is 15.3. The fourth-order valence-corrected chi connectivity index (χ4v) is 5.89. The zero-order chi connectivity index (χ0) is 18.9. The van der Waals surface area contributed by atoms with Gasteiger partial charge in [0.15, 0.2) is 0 Å². The van der Waals surface area contributed by atoms with Gasteiger partial charge in [-0.1, -0.05) is 0 Å². The van der Waals surface area contributed by atoms with Crippen LogP contribution in [0.15, 0.2) is 89.4 Å². The van der Waals surface area contributed by atoms with Crippen molar-refractivity contribution in [1.82, 2.24) is 4.90 Å². The van der Waals surface area contributed by atoms with Crippen LogP contribution in [0.4, 0.5) is 0 Å². The standard InChI is InChI=1S/C23H20NO2Se/c1-24-22(25)21(27-19-11-7-4-8-12-19)20(17-9-5-3-6-10-17)23(24)15-13-18(26-2)14-16-23/h3-16H,1-2H3/q+1. The van der Waals surface area contributed by atoms with Gasteiger partial charge in [0.1, 0.15) is 0 Å². The Balaban J connectivity index is 1.91. The number of amides is 1. The molecule has 1 amide bonds. The first kappa shape index (κ1) is 17.7. The van der Waals surface area contributed by atoms with E-state index in [9.17, 15) is 4.79 Å². The van der Waals surface area contributed by atoms with Crippen molar-refractivity contribution in [3.05, 3.63) is 95.0 Å². The van der Waals surface area contributed by atoms with Crippen LogP contribution >= 0.6 is 0 Å². The van der Waals surface area contributed by atoms with Gasteiger partial charge in [-0.2, -0.15) is 0 Å². The van der Waals surface area contributed by atoms with Gasteiger partial charge < -0.3 is 0 Å². The van der Waals surface area contributed by atoms with Gasteiger partial charge in [0.05, 0.1) is 0 Å². The van der Waals surface area contributed by atoms with Crippen molar-refractivity contribution in [1.29, 1.82) is 0 Å². The average molecular weight is 421 g/mol. The molecule has 0 bridgehead atoms. The van der Waals surface area contributed by atoms with E-state index in [2.05, 4.69) is 36.4 Å². The number of carbonyl (C=O) groups is 1. The van der Waals surface area contributed by atoms with Crippen molar-refractivity contribution in [2.45, 2.75) is 5.54 Å². The van der Waals surface area contributed by atoms with Gasteiger partial charge in [-0.05, 0) is 0 Å². The molecule has 2 aromatic rings. The number of ketones is 1. The fraction of sp³-hybridized carbons (Fsp3) is 0.130. The first-order valence-corrected chi connectivity index (χ1v) is 10.5. The van der Waals surface area contributed by atoms with E-state index in [1.165, 1.54) is 4.46 Å². The Hall–Kier alpha value is -2.68. The normalized spacial score (nSPS) is 21.5. The Morgan fingerprint density at radius 3 is 2.11 bits per heavy atom. The van der Waals surface area contributed by atoms with E-state index in [4.69, 9.17) is 4.42 Å². The molecule has 0 N–H and O–H groups in total. The van der Waals surface area contributed by atoms with Crippen molar-refractivity contribution >= 4 is 36.7 Å². The molecule has 0 atom stereocenters. The number of allylic oxidation sites excluding steroid dienone is 2. The van der Waals surface area contributed by atoms with E-state index in [0.29, 0.717) is 0 Å². The zero-order valence-corrected chi connectivity index (χ0v) is 17.0. The average Bonchev–Trinajstić information content (AvgIpc) is 2.92. The summed E-state index contributed by atoms with van der Waals surface area (Å²) >= 11 is -0.0752. The van der Waals surface area contributed by atoms with Crippen LogP contribution in [-0.2, 0) is 9.22 Å². The summed E-state index contributed by atoms with van der Waals surface area (Å²) in [6.07, 6.45) is 8.04. The Bertz CT molecular complexity index is 972. The number of nitrogens with zero attached hydrogens (tertiary/aromatic N) is 1. The second kappa shape index (κ2) is 7.15. The quantitative estimate of drug-likeness (QED) is 0.554. The van der Waals surface area contributed by atoms with Crippen molar-refractivity contribution in [2.24, 2.45) is 0 Å². The maximum absolute atomic E-state index is 13.3. The molecule has 1 spiro atoms. The first-order valence-electron chi connectivity index (χ1n) is 8.76. The summed E-state index contributed by atoms with van der Waals surface area (Å²) < 4.78 is 7.44. The van der Waals surface area contributed by atoms with Gasteiger partial charge in [0, 0.05) is 0 Å². The van der Waals surface area contributed by atoms with Crippen molar-refractivity contribution < 1.29 is 9.22 Å².